The van der Waals surface area contributed by atoms with Crippen molar-refractivity contribution in [1.29, 1.82) is 0 Å². The molecule has 1 heterocycles. The van der Waals surface area contributed by atoms with Gasteiger partial charge in [-0.25, -0.2) is 8.42 Å². The summed E-state index contributed by atoms with van der Waals surface area (Å²) in [5.74, 6) is 0. The zero-order chi connectivity index (χ0) is 13.3. The molecule has 0 aliphatic carbocycles. The van der Waals surface area contributed by atoms with Gasteiger partial charge in [0.1, 0.15) is 0 Å². The molecule has 5 heteroatoms. The predicted molar refractivity (Wildman–Crippen MR) is 73.5 cm³/mol. The van der Waals surface area contributed by atoms with Crippen LogP contribution in [0.5, 0.6) is 0 Å². The molecule has 2 aromatic rings. The van der Waals surface area contributed by atoms with Gasteiger partial charge in [-0.05, 0) is 43.7 Å². The minimum Gasteiger partial charge on any atom is -0.347 e. The number of nitrogens with zero attached hydrogens (tertiary/aromatic N) is 1. The second-order valence-corrected chi connectivity index (χ2v) is 6.45. The molecule has 1 aromatic heterocycles. The summed E-state index contributed by atoms with van der Waals surface area (Å²) in [5, 5.41) is 0.991. The molecule has 98 valence electrons. The number of fused-ring (bicyclic) bond motifs is 1. The monoisotopic (exact) mass is 266 g/mol. The van der Waals surface area contributed by atoms with Crippen molar-refractivity contribution in [3.8, 4) is 0 Å². The normalized spacial score (nSPS) is 12.2. The Bertz CT molecular complexity index is 672. The molecule has 18 heavy (non-hydrogen) atoms. The second-order valence-electron chi connectivity index (χ2n) is 4.43. The van der Waals surface area contributed by atoms with Gasteiger partial charge in [0, 0.05) is 29.9 Å². The molecule has 0 saturated carbocycles. The molecule has 0 aliphatic heterocycles. The van der Waals surface area contributed by atoms with E-state index in [0.29, 0.717) is 11.4 Å². The van der Waals surface area contributed by atoms with Crippen LogP contribution in [-0.2, 0) is 22.8 Å². The first kappa shape index (κ1) is 13.1. The highest BCUT2D eigenvalue weighted by molar-refractivity contribution is 7.90. The predicted octanol–water partition coefficient (Wildman–Crippen LogP) is 1.57. The summed E-state index contributed by atoms with van der Waals surface area (Å²) < 4.78 is 25.3. The number of aryl methyl sites for hydroxylation is 1. The van der Waals surface area contributed by atoms with Crippen molar-refractivity contribution in [2.45, 2.75) is 24.8 Å². The number of sulfone groups is 1. The molecule has 1 aromatic carbocycles. The molecule has 0 aliphatic rings. The smallest absolute Gasteiger partial charge is 0.175 e. The Morgan fingerprint density at radius 1 is 1.33 bits per heavy atom. The maximum absolute atomic E-state index is 11.6. The molecule has 0 unspecified atom stereocenters. The lowest BCUT2D eigenvalue weighted by Crippen LogP contribution is -2.02. The SMILES string of the molecule is CCn1cc(CCN)c2cc(S(C)(=O)=O)ccc21. The molecule has 0 radical (unpaired) electrons. The van der Waals surface area contributed by atoms with Crippen molar-refractivity contribution in [2.75, 3.05) is 12.8 Å². The third-order valence-corrected chi connectivity index (χ3v) is 4.23. The first-order valence-electron chi connectivity index (χ1n) is 5.99. The van der Waals surface area contributed by atoms with E-state index < -0.39 is 9.84 Å². The molecule has 0 spiro atoms. The average molecular weight is 266 g/mol. The quantitative estimate of drug-likeness (QED) is 0.913. The number of aromatic nitrogens is 1. The fourth-order valence-corrected chi connectivity index (χ4v) is 2.84. The largest absolute Gasteiger partial charge is 0.347 e. The minimum atomic E-state index is -3.16. The van der Waals surface area contributed by atoms with Crippen LogP contribution in [0.2, 0.25) is 0 Å². The van der Waals surface area contributed by atoms with E-state index >= 15 is 0 Å². The maximum Gasteiger partial charge on any atom is 0.175 e. The lowest BCUT2D eigenvalue weighted by Gasteiger charge is -2.02. The standard InChI is InChI=1S/C13H18N2O2S/c1-3-15-9-10(6-7-14)12-8-11(18(2,16)17)4-5-13(12)15/h4-5,8-9H,3,6-7,14H2,1-2H3. The van der Waals surface area contributed by atoms with Crippen molar-refractivity contribution in [2.24, 2.45) is 5.73 Å². The highest BCUT2D eigenvalue weighted by Gasteiger charge is 2.12. The van der Waals surface area contributed by atoms with Crippen LogP contribution in [0.4, 0.5) is 0 Å². The molecule has 0 fully saturated rings. The maximum atomic E-state index is 11.6. The number of hydrogen-bond acceptors (Lipinski definition) is 3. The van der Waals surface area contributed by atoms with Crippen molar-refractivity contribution in [3.63, 3.8) is 0 Å². The van der Waals surface area contributed by atoms with Gasteiger partial charge in [0.25, 0.3) is 0 Å². The van der Waals surface area contributed by atoms with Crippen LogP contribution in [-0.4, -0.2) is 25.8 Å². The van der Waals surface area contributed by atoms with Crippen LogP contribution >= 0.6 is 0 Å². The second kappa shape index (κ2) is 4.74. The van der Waals surface area contributed by atoms with Gasteiger partial charge in [0.2, 0.25) is 0 Å². The van der Waals surface area contributed by atoms with Crippen LogP contribution < -0.4 is 5.73 Å². The summed E-state index contributed by atoms with van der Waals surface area (Å²) in [7, 11) is -3.16. The van der Waals surface area contributed by atoms with Crippen molar-refractivity contribution in [3.05, 3.63) is 30.0 Å². The first-order chi connectivity index (χ1) is 8.47. The Labute approximate surface area is 107 Å². The van der Waals surface area contributed by atoms with Gasteiger partial charge in [0.05, 0.1) is 4.90 Å². The summed E-state index contributed by atoms with van der Waals surface area (Å²) in [5.41, 5.74) is 7.77. The van der Waals surface area contributed by atoms with Crippen LogP contribution in [0, 0.1) is 0 Å². The highest BCUT2D eigenvalue weighted by Crippen LogP contribution is 2.25. The number of rotatable bonds is 4. The lowest BCUT2D eigenvalue weighted by molar-refractivity contribution is 0.602. The number of benzene rings is 1. The fourth-order valence-electron chi connectivity index (χ4n) is 2.20. The van der Waals surface area contributed by atoms with Gasteiger partial charge in [-0.1, -0.05) is 0 Å². The van der Waals surface area contributed by atoms with Gasteiger partial charge in [0.15, 0.2) is 9.84 Å². The Morgan fingerprint density at radius 3 is 2.61 bits per heavy atom. The molecule has 2 N–H and O–H groups in total. The van der Waals surface area contributed by atoms with E-state index in [4.69, 9.17) is 5.73 Å². The Balaban J connectivity index is 2.70. The first-order valence-corrected chi connectivity index (χ1v) is 7.88. The van der Waals surface area contributed by atoms with Gasteiger partial charge >= 0.3 is 0 Å². The number of hydrogen-bond donors (Lipinski definition) is 1. The molecule has 4 nitrogen and oxygen atoms in total. The fraction of sp³-hybridized carbons (Fsp3) is 0.385. The van der Waals surface area contributed by atoms with E-state index in [-0.39, 0.29) is 0 Å². The van der Waals surface area contributed by atoms with Gasteiger partial charge in [-0.2, -0.15) is 0 Å². The Morgan fingerprint density at radius 2 is 2.06 bits per heavy atom. The molecular weight excluding hydrogens is 248 g/mol. The number of nitrogens with two attached hydrogens (primary N) is 1. The summed E-state index contributed by atoms with van der Waals surface area (Å²) in [6.45, 7) is 3.49. The molecule has 0 atom stereocenters. The molecule has 0 bridgehead atoms. The average Bonchev–Trinajstić information content (AvgIpc) is 2.66. The van der Waals surface area contributed by atoms with E-state index in [1.807, 2.05) is 6.07 Å². The van der Waals surface area contributed by atoms with Crippen LogP contribution in [0.3, 0.4) is 0 Å². The topological polar surface area (TPSA) is 65.1 Å². The molecule has 0 saturated heterocycles. The zero-order valence-electron chi connectivity index (χ0n) is 10.7. The Kier molecular flexibility index (Phi) is 3.45. The Hall–Kier alpha value is -1.33. The van der Waals surface area contributed by atoms with Crippen LogP contribution in [0.15, 0.2) is 29.3 Å². The van der Waals surface area contributed by atoms with Crippen molar-refractivity contribution < 1.29 is 8.42 Å². The molecular formula is C13H18N2O2S. The van der Waals surface area contributed by atoms with Gasteiger partial charge < -0.3 is 10.3 Å². The van der Waals surface area contributed by atoms with Crippen LogP contribution in [0.1, 0.15) is 12.5 Å². The summed E-state index contributed by atoms with van der Waals surface area (Å²) in [4.78, 5) is 0.363. The van der Waals surface area contributed by atoms with E-state index in [9.17, 15) is 8.42 Å². The summed E-state index contributed by atoms with van der Waals surface area (Å²) in [6, 6.07) is 5.28. The highest BCUT2D eigenvalue weighted by atomic mass is 32.2. The zero-order valence-corrected chi connectivity index (χ0v) is 11.5. The van der Waals surface area contributed by atoms with Gasteiger partial charge in [-0.3, -0.25) is 0 Å². The summed E-state index contributed by atoms with van der Waals surface area (Å²) in [6.07, 6.45) is 4.05. The third kappa shape index (κ3) is 2.28. The van der Waals surface area contributed by atoms with Gasteiger partial charge in [-0.15, -0.1) is 0 Å². The van der Waals surface area contributed by atoms with E-state index in [1.54, 1.807) is 12.1 Å². The van der Waals surface area contributed by atoms with E-state index in [0.717, 1.165) is 29.4 Å². The van der Waals surface area contributed by atoms with E-state index in [1.165, 1.54) is 6.26 Å². The molecule has 2 rings (SSSR count). The van der Waals surface area contributed by atoms with E-state index in [2.05, 4.69) is 17.7 Å². The van der Waals surface area contributed by atoms with Crippen molar-refractivity contribution in [1.82, 2.24) is 4.57 Å². The van der Waals surface area contributed by atoms with Crippen LogP contribution in [0.25, 0.3) is 10.9 Å². The molecule has 0 amide bonds. The lowest BCUT2D eigenvalue weighted by atomic mass is 10.1. The van der Waals surface area contributed by atoms with Crippen molar-refractivity contribution >= 4 is 20.7 Å². The third-order valence-electron chi connectivity index (χ3n) is 3.12. The summed E-state index contributed by atoms with van der Waals surface area (Å²) >= 11 is 0. The minimum absolute atomic E-state index is 0.363.